The molecule has 3 amide bonds. The summed E-state index contributed by atoms with van der Waals surface area (Å²) in [5, 5.41) is 5.31. The second kappa shape index (κ2) is 6.60. The van der Waals surface area contributed by atoms with E-state index in [1.165, 1.54) is 7.05 Å². The minimum absolute atomic E-state index is 0.00487. The molecule has 1 aliphatic heterocycles. The molecule has 1 heterocycles. The number of hydrogen-bond donors (Lipinski definition) is 2. The zero-order valence-electron chi connectivity index (χ0n) is 13.1. The molecule has 0 aliphatic carbocycles. The number of nitrogens with one attached hydrogen (secondary N) is 2. The standard InChI is InChI=1S/C16H21N3O3/c1-10(2)19-9-11(8-14(19)20)15(21)18-13-7-5-4-6-12(13)16(22)17-3/h4-7,10-11H,8-9H2,1-3H3,(H,17,22)(H,18,21)/t11-/m1/s1. The normalized spacial score (nSPS) is 17.7. The molecule has 1 aliphatic rings. The predicted molar refractivity (Wildman–Crippen MR) is 83.4 cm³/mol. The molecule has 0 aromatic heterocycles. The van der Waals surface area contributed by atoms with E-state index in [-0.39, 0.29) is 36.1 Å². The molecule has 2 N–H and O–H groups in total. The van der Waals surface area contributed by atoms with Gasteiger partial charge in [0.25, 0.3) is 5.91 Å². The smallest absolute Gasteiger partial charge is 0.253 e. The lowest BCUT2D eigenvalue weighted by molar-refractivity contribution is -0.129. The lowest BCUT2D eigenvalue weighted by atomic mass is 10.1. The molecule has 6 heteroatoms. The Hall–Kier alpha value is -2.37. The third-order valence-corrected chi connectivity index (χ3v) is 3.81. The van der Waals surface area contributed by atoms with Crippen molar-refractivity contribution in [3.63, 3.8) is 0 Å². The molecule has 1 fully saturated rings. The fourth-order valence-corrected chi connectivity index (χ4v) is 2.57. The summed E-state index contributed by atoms with van der Waals surface area (Å²) in [6.45, 7) is 4.28. The fourth-order valence-electron chi connectivity index (χ4n) is 2.57. The molecule has 0 radical (unpaired) electrons. The highest BCUT2D eigenvalue weighted by molar-refractivity contribution is 6.05. The lowest BCUT2D eigenvalue weighted by Gasteiger charge is -2.20. The SMILES string of the molecule is CNC(=O)c1ccccc1NC(=O)[C@@H]1CC(=O)N(C(C)C)C1. The number of carbonyl (C=O) groups excluding carboxylic acids is 3. The van der Waals surface area contributed by atoms with Crippen molar-refractivity contribution in [1.29, 1.82) is 0 Å². The molecule has 1 atom stereocenters. The number of para-hydroxylation sites is 1. The molecule has 0 bridgehead atoms. The molecule has 22 heavy (non-hydrogen) atoms. The van der Waals surface area contributed by atoms with Gasteiger partial charge in [-0.25, -0.2) is 0 Å². The fraction of sp³-hybridized carbons (Fsp3) is 0.438. The second-order valence-corrected chi connectivity index (χ2v) is 5.65. The van der Waals surface area contributed by atoms with Gasteiger partial charge in [0.1, 0.15) is 0 Å². The highest BCUT2D eigenvalue weighted by Gasteiger charge is 2.35. The largest absolute Gasteiger partial charge is 0.355 e. The minimum atomic E-state index is -0.382. The van der Waals surface area contributed by atoms with Gasteiger partial charge in [-0.05, 0) is 26.0 Å². The average Bonchev–Trinajstić information content (AvgIpc) is 2.89. The number of nitrogens with zero attached hydrogens (tertiary/aromatic N) is 1. The zero-order chi connectivity index (χ0) is 16.3. The van der Waals surface area contributed by atoms with Crippen molar-refractivity contribution in [3.8, 4) is 0 Å². The molecule has 1 saturated heterocycles. The van der Waals surface area contributed by atoms with Crippen molar-refractivity contribution in [3.05, 3.63) is 29.8 Å². The quantitative estimate of drug-likeness (QED) is 0.878. The zero-order valence-corrected chi connectivity index (χ0v) is 13.1. The van der Waals surface area contributed by atoms with Crippen LogP contribution in [0.15, 0.2) is 24.3 Å². The van der Waals surface area contributed by atoms with E-state index in [0.717, 1.165) is 0 Å². The van der Waals surface area contributed by atoms with E-state index in [4.69, 9.17) is 0 Å². The van der Waals surface area contributed by atoms with E-state index in [1.54, 1.807) is 29.2 Å². The Morgan fingerprint density at radius 2 is 1.95 bits per heavy atom. The third kappa shape index (κ3) is 3.27. The molecule has 1 aromatic carbocycles. The van der Waals surface area contributed by atoms with E-state index in [9.17, 15) is 14.4 Å². The molecule has 118 valence electrons. The van der Waals surface area contributed by atoms with Gasteiger partial charge < -0.3 is 15.5 Å². The number of anilines is 1. The molecular weight excluding hydrogens is 282 g/mol. The topological polar surface area (TPSA) is 78.5 Å². The third-order valence-electron chi connectivity index (χ3n) is 3.81. The summed E-state index contributed by atoms with van der Waals surface area (Å²) in [7, 11) is 1.54. The molecule has 2 rings (SSSR count). The van der Waals surface area contributed by atoms with Crippen LogP contribution in [0, 0.1) is 5.92 Å². The Morgan fingerprint density at radius 3 is 2.55 bits per heavy atom. The van der Waals surface area contributed by atoms with Gasteiger partial charge in [-0.1, -0.05) is 12.1 Å². The molecule has 0 spiro atoms. The number of benzene rings is 1. The van der Waals surface area contributed by atoms with Gasteiger partial charge in [0.15, 0.2) is 0 Å². The number of hydrogen-bond acceptors (Lipinski definition) is 3. The van der Waals surface area contributed by atoms with Crippen molar-refractivity contribution in [1.82, 2.24) is 10.2 Å². The van der Waals surface area contributed by atoms with Gasteiger partial charge >= 0.3 is 0 Å². The van der Waals surface area contributed by atoms with E-state index < -0.39 is 0 Å². The molecule has 0 saturated carbocycles. The van der Waals surface area contributed by atoms with Crippen LogP contribution in [-0.2, 0) is 9.59 Å². The van der Waals surface area contributed by atoms with E-state index in [0.29, 0.717) is 17.8 Å². The molecule has 6 nitrogen and oxygen atoms in total. The van der Waals surface area contributed by atoms with Gasteiger partial charge in [0.05, 0.1) is 17.2 Å². The molecular formula is C16H21N3O3. The van der Waals surface area contributed by atoms with Crippen LogP contribution in [0.25, 0.3) is 0 Å². The Kier molecular flexibility index (Phi) is 4.80. The average molecular weight is 303 g/mol. The van der Waals surface area contributed by atoms with Crippen molar-refractivity contribution in [2.45, 2.75) is 26.3 Å². The number of amides is 3. The van der Waals surface area contributed by atoms with Crippen molar-refractivity contribution < 1.29 is 14.4 Å². The number of carbonyl (C=O) groups is 3. The van der Waals surface area contributed by atoms with Crippen LogP contribution < -0.4 is 10.6 Å². The van der Waals surface area contributed by atoms with Crippen molar-refractivity contribution in [2.24, 2.45) is 5.92 Å². The summed E-state index contributed by atoms with van der Waals surface area (Å²) in [5.41, 5.74) is 0.866. The molecule has 0 unspecified atom stereocenters. The van der Waals surface area contributed by atoms with Crippen molar-refractivity contribution >= 4 is 23.4 Å². The lowest BCUT2D eigenvalue weighted by Crippen LogP contribution is -2.33. The van der Waals surface area contributed by atoms with Gasteiger partial charge in [-0.3, -0.25) is 14.4 Å². The van der Waals surface area contributed by atoms with Gasteiger partial charge in [-0.15, -0.1) is 0 Å². The summed E-state index contributed by atoms with van der Waals surface area (Å²) >= 11 is 0. The first-order valence-corrected chi connectivity index (χ1v) is 7.35. The Balaban J connectivity index is 2.11. The summed E-state index contributed by atoms with van der Waals surface area (Å²) in [5.74, 6) is -0.877. The van der Waals surface area contributed by atoms with Crippen LogP contribution in [0.1, 0.15) is 30.6 Å². The van der Waals surface area contributed by atoms with Crippen LogP contribution >= 0.6 is 0 Å². The maximum atomic E-state index is 12.4. The van der Waals surface area contributed by atoms with Crippen molar-refractivity contribution in [2.75, 3.05) is 18.9 Å². The monoisotopic (exact) mass is 303 g/mol. The Bertz CT molecular complexity index is 598. The maximum absolute atomic E-state index is 12.4. The van der Waals surface area contributed by atoms with Gasteiger partial charge in [-0.2, -0.15) is 0 Å². The van der Waals surface area contributed by atoms with Crippen LogP contribution in [0.5, 0.6) is 0 Å². The maximum Gasteiger partial charge on any atom is 0.253 e. The van der Waals surface area contributed by atoms with E-state index in [2.05, 4.69) is 10.6 Å². The number of likely N-dealkylation sites (tertiary alicyclic amines) is 1. The van der Waals surface area contributed by atoms with Crippen LogP contribution in [0.2, 0.25) is 0 Å². The Labute approximate surface area is 129 Å². The van der Waals surface area contributed by atoms with E-state index in [1.807, 2.05) is 13.8 Å². The van der Waals surface area contributed by atoms with E-state index >= 15 is 0 Å². The Morgan fingerprint density at radius 1 is 1.27 bits per heavy atom. The summed E-state index contributed by atoms with van der Waals surface area (Å²) < 4.78 is 0. The second-order valence-electron chi connectivity index (χ2n) is 5.65. The summed E-state index contributed by atoms with van der Waals surface area (Å²) in [6, 6.07) is 6.90. The summed E-state index contributed by atoms with van der Waals surface area (Å²) in [6.07, 6.45) is 0.214. The van der Waals surface area contributed by atoms with Crippen LogP contribution in [0.3, 0.4) is 0 Å². The predicted octanol–water partition coefficient (Wildman–Crippen LogP) is 1.24. The van der Waals surface area contributed by atoms with Crippen LogP contribution in [0.4, 0.5) is 5.69 Å². The van der Waals surface area contributed by atoms with Gasteiger partial charge in [0, 0.05) is 26.1 Å². The number of rotatable bonds is 4. The molecule has 1 aromatic rings. The van der Waals surface area contributed by atoms with Crippen LogP contribution in [-0.4, -0.2) is 42.3 Å². The summed E-state index contributed by atoms with van der Waals surface area (Å²) in [4.78, 5) is 37.8. The van der Waals surface area contributed by atoms with Gasteiger partial charge in [0.2, 0.25) is 11.8 Å². The highest BCUT2D eigenvalue weighted by atomic mass is 16.2. The highest BCUT2D eigenvalue weighted by Crippen LogP contribution is 2.23. The first-order valence-electron chi connectivity index (χ1n) is 7.35. The first kappa shape index (κ1) is 16.0. The first-order chi connectivity index (χ1) is 10.4. The minimum Gasteiger partial charge on any atom is -0.355 e.